The molecule has 5 nitrogen and oxygen atoms in total. The SMILES string of the molecule is CCOC(=O)c1ccccc1C(=O)CC(=O)c1ccc(OC)cc1. The Morgan fingerprint density at radius 1 is 0.875 bits per heavy atom. The number of hydrogen-bond donors (Lipinski definition) is 0. The van der Waals surface area contributed by atoms with Gasteiger partial charge < -0.3 is 9.47 Å². The zero-order valence-electron chi connectivity index (χ0n) is 13.6. The Balaban J connectivity index is 2.17. The van der Waals surface area contributed by atoms with Crippen molar-refractivity contribution in [2.45, 2.75) is 13.3 Å². The lowest BCUT2D eigenvalue weighted by molar-refractivity contribution is 0.0522. The number of ketones is 2. The Morgan fingerprint density at radius 2 is 1.50 bits per heavy atom. The first kappa shape index (κ1) is 17.4. The van der Waals surface area contributed by atoms with Crippen molar-refractivity contribution in [3.8, 4) is 5.75 Å². The van der Waals surface area contributed by atoms with E-state index in [1.807, 2.05) is 0 Å². The minimum atomic E-state index is -0.571. The van der Waals surface area contributed by atoms with Crippen molar-refractivity contribution in [1.82, 2.24) is 0 Å². The molecule has 0 bridgehead atoms. The third kappa shape index (κ3) is 4.07. The molecule has 0 saturated heterocycles. The van der Waals surface area contributed by atoms with Crippen molar-refractivity contribution in [3.05, 3.63) is 65.2 Å². The number of carbonyl (C=O) groups is 3. The maximum absolute atomic E-state index is 12.4. The van der Waals surface area contributed by atoms with Gasteiger partial charge in [0.05, 0.1) is 25.7 Å². The minimum absolute atomic E-state index is 0.173. The Morgan fingerprint density at radius 3 is 2.08 bits per heavy atom. The van der Waals surface area contributed by atoms with Crippen LogP contribution in [0, 0.1) is 0 Å². The number of carbonyl (C=O) groups excluding carboxylic acids is 3. The molecule has 0 radical (unpaired) electrons. The van der Waals surface area contributed by atoms with E-state index in [2.05, 4.69) is 0 Å². The zero-order chi connectivity index (χ0) is 17.5. The number of rotatable bonds is 7. The van der Waals surface area contributed by atoms with Crippen LogP contribution in [-0.4, -0.2) is 31.3 Å². The van der Waals surface area contributed by atoms with Crippen LogP contribution in [0.25, 0.3) is 0 Å². The van der Waals surface area contributed by atoms with E-state index >= 15 is 0 Å². The summed E-state index contributed by atoms with van der Waals surface area (Å²) in [4.78, 5) is 36.6. The van der Waals surface area contributed by atoms with Gasteiger partial charge in [0.15, 0.2) is 11.6 Å². The van der Waals surface area contributed by atoms with Crippen LogP contribution in [0.5, 0.6) is 5.75 Å². The molecule has 0 aliphatic heterocycles. The molecular weight excluding hydrogens is 308 g/mol. The number of esters is 1. The predicted molar refractivity (Wildman–Crippen MR) is 88.7 cm³/mol. The van der Waals surface area contributed by atoms with Gasteiger partial charge in [0.2, 0.25) is 0 Å². The van der Waals surface area contributed by atoms with Crippen molar-refractivity contribution < 1.29 is 23.9 Å². The highest BCUT2D eigenvalue weighted by molar-refractivity contribution is 6.16. The van der Waals surface area contributed by atoms with Crippen LogP contribution in [0.2, 0.25) is 0 Å². The average Bonchev–Trinajstić information content (AvgIpc) is 2.62. The van der Waals surface area contributed by atoms with E-state index in [0.717, 1.165) is 0 Å². The maximum Gasteiger partial charge on any atom is 0.338 e. The van der Waals surface area contributed by atoms with Crippen LogP contribution in [0.4, 0.5) is 0 Å². The van der Waals surface area contributed by atoms with E-state index < -0.39 is 11.8 Å². The number of ether oxygens (including phenoxy) is 2. The van der Waals surface area contributed by atoms with Crippen molar-refractivity contribution in [2.24, 2.45) is 0 Å². The molecule has 124 valence electrons. The second-order valence-corrected chi connectivity index (χ2v) is 5.02. The van der Waals surface area contributed by atoms with Crippen molar-refractivity contribution in [3.63, 3.8) is 0 Å². The smallest absolute Gasteiger partial charge is 0.338 e. The molecule has 24 heavy (non-hydrogen) atoms. The summed E-state index contributed by atoms with van der Waals surface area (Å²) in [6.07, 6.45) is -0.317. The molecule has 0 unspecified atom stereocenters. The highest BCUT2D eigenvalue weighted by Gasteiger charge is 2.20. The molecule has 2 aromatic rings. The molecule has 0 atom stereocenters. The maximum atomic E-state index is 12.4. The van der Waals surface area contributed by atoms with Crippen LogP contribution in [-0.2, 0) is 4.74 Å². The van der Waals surface area contributed by atoms with E-state index in [4.69, 9.17) is 9.47 Å². The van der Waals surface area contributed by atoms with Crippen LogP contribution >= 0.6 is 0 Å². The summed E-state index contributed by atoms with van der Waals surface area (Å²) >= 11 is 0. The highest BCUT2D eigenvalue weighted by atomic mass is 16.5. The van der Waals surface area contributed by atoms with Gasteiger partial charge in [-0.15, -0.1) is 0 Å². The molecule has 2 aromatic carbocycles. The summed E-state index contributed by atoms with van der Waals surface area (Å²) in [5.41, 5.74) is 0.780. The lowest BCUT2D eigenvalue weighted by Crippen LogP contribution is -2.14. The fourth-order valence-corrected chi connectivity index (χ4v) is 2.23. The van der Waals surface area contributed by atoms with E-state index in [1.54, 1.807) is 43.3 Å². The van der Waals surface area contributed by atoms with Crippen molar-refractivity contribution >= 4 is 17.5 Å². The van der Waals surface area contributed by atoms with E-state index in [9.17, 15) is 14.4 Å². The summed E-state index contributed by atoms with van der Waals surface area (Å²) in [5.74, 6) is -0.676. The number of methoxy groups -OCH3 is 1. The first-order valence-corrected chi connectivity index (χ1v) is 7.53. The Hall–Kier alpha value is -2.95. The normalized spacial score (nSPS) is 10.1. The molecule has 0 heterocycles. The van der Waals surface area contributed by atoms with Gasteiger partial charge in [0.25, 0.3) is 0 Å². The third-order valence-electron chi connectivity index (χ3n) is 3.46. The van der Waals surface area contributed by atoms with Crippen LogP contribution < -0.4 is 4.74 Å². The monoisotopic (exact) mass is 326 g/mol. The van der Waals surface area contributed by atoms with Gasteiger partial charge in [-0.25, -0.2) is 4.79 Å². The van der Waals surface area contributed by atoms with Gasteiger partial charge in [-0.3, -0.25) is 9.59 Å². The Labute approximate surface area is 140 Å². The molecule has 0 aromatic heterocycles. The van der Waals surface area contributed by atoms with Gasteiger partial charge in [-0.2, -0.15) is 0 Å². The molecule has 0 saturated carbocycles. The molecule has 0 N–H and O–H groups in total. The Bertz CT molecular complexity index is 747. The predicted octanol–water partition coefficient (Wildman–Crippen LogP) is 3.33. The molecule has 0 spiro atoms. The first-order chi connectivity index (χ1) is 11.6. The summed E-state index contributed by atoms with van der Waals surface area (Å²) in [5, 5.41) is 0. The lowest BCUT2D eigenvalue weighted by Gasteiger charge is -2.08. The van der Waals surface area contributed by atoms with Gasteiger partial charge in [0.1, 0.15) is 5.75 Å². The third-order valence-corrected chi connectivity index (χ3v) is 3.46. The van der Waals surface area contributed by atoms with Gasteiger partial charge >= 0.3 is 5.97 Å². The zero-order valence-corrected chi connectivity index (χ0v) is 13.6. The summed E-state index contributed by atoms with van der Waals surface area (Å²) in [6.45, 7) is 1.90. The molecule has 5 heteroatoms. The second kappa shape index (κ2) is 8.06. The molecule has 0 fully saturated rings. The van der Waals surface area contributed by atoms with E-state index in [-0.39, 0.29) is 29.9 Å². The molecule has 0 aliphatic carbocycles. The van der Waals surface area contributed by atoms with Crippen molar-refractivity contribution in [2.75, 3.05) is 13.7 Å². The summed E-state index contributed by atoms with van der Waals surface area (Å²) < 4.78 is 9.98. The minimum Gasteiger partial charge on any atom is -0.497 e. The van der Waals surface area contributed by atoms with Crippen LogP contribution in [0.3, 0.4) is 0 Å². The van der Waals surface area contributed by atoms with Gasteiger partial charge in [-0.05, 0) is 37.3 Å². The van der Waals surface area contributed by atoms with E-state index in [0.29, 0.717) is 11.3 Å². The quantitative estimate of drug-likeness (QED) is 0.443. The van der Waals surface area contributed by atoms with E-state index in [1.165, 1.54) is 19.2 Å². The first-order valence-electron chi connectivity index (χ1n) is 7.53. The summed E-state index contributed by atoms with van der Waals surface area (Å²) in [7, 11) is 1.53. The van der Waals surface area contributed by atoms with Crippen LogP contribution in [0.1, 0.15) is 44.4 Å². The molecular formula is C19H18O5. The fourth-order valence-electron chi connectivity index (χ4n) is 2.23. The molecule has 0 aliphatic rings. The summed E-state index contributed by atoms with van der Waals surface area (Å²) in [6, 6.07) is 12.9. The highest BCUT2D eigenvalue weighted by Crippen LogP contribution is 2.16. The Kier molecular flexibility index (Phi) is 5.84. The topological polar surface area (TPSA) is 69.7 Å². The van der Waals surface area contributed by atoms with Crippen LogP contribution in [0.15, 0.2) is 48.5 Å². The molecule has 0 amide bonds. The van der Waals surface area contributed by atoms with Gasteiger partial charge in [-0.1, -0.05) is 18.2 Å². The number of benzene rings is 2. The van der Waals surface area contributed by atoms with Crippen molar-refractivity contribution in [1.29, 1.82) is 0 Å². The lowest BCUT2D eigenvalue weighted by atomic mass is 9.98. The second-order valence-electron chi connectivity index (χ2n) is 5.02. The average molecular weight is 326 g/mol. The number of hydrogen-bond acceptors (Lipinski definition) is 5. The van der Waals surface area contributed by atoms with Gasteiger partial charge in [0, 0.05) is 11.1 Å². The fraction of sp³-hybridized carbons (Fsp3) is 0.211. The number of Topliss-reactive ketones (excluding diaryl/α,β-unsaturated/α-hetero) is 2. The standard InChI is InChI=1S/C19H18O5/c1-3-24-19(22)16-7-5-4-6-15(16)18(21)12-17(20)13-8-10-14(23-2)11-9-13/h4-11H,3,12H2,1-2H3. The molecule has 2 rings (SSSR count). The largest absolute Gasteiger partial charge is 0.497 e.